The molecule has 0 saturated heterocycles. The highest BCUT2D eigenvalue weighted by atomic mass is 32.2. The number of aliphatic hydroxyl groups is 1. The van der Waals surface area contributed by atoms with Crippen LogP contribution in [0.1, 0.15) is 25.7 Å². The fourth-order valence-corrected chi connectivity index (χ4v) is 5.35. The minimum absolute atomic E-state index is 0.0344. The molecule has 0 amide bonds. The second-order valence-electron chi connectivity index (χ2n) is 7.60. The van der Waals surface area contributed by atoms with Crippen LogP contribution >= 0.6 is 0 Å². The zero-order valence-corrected chi connectivity index (χ0v) is 17.5. The summed E-state index contributed by atoms with van der Waals surface area (Å²) in [6, 6.07) is 10.3. The predicted octanol–water partition coefficient (Wildman–Crippen LogP) is 3.11. The van der Waals surface area contributed by atoms with Crippen molar-refractivity contribution in [2.45, 2.75) is 42.7 Å². The third-order valence-electron chi connectivity index (χ3n) is 5.44. The first-order chi connectivity index (χ1) is 14.8. The number of aromatic nitrogens is 2. The van der Waals surface area contributed by atoms with Crippen molar-refractivity contribution in [3.8, 4) is 22.4 Å². The van der Waals surface area contributed by atoms with Gasteiger partial charge >= 0.3 is 0 Å². The molecule has 0 spiro atoms. The average Bonchev–Trinajstić information content (AvgIpc) is 2.76. The molecule has 4 N–H and O–H groups in total. The molecule has 1 aliphatic rings. The van der Waals surface area contributed by atoms with E-state index in [1.165, 1.54) is 30.6 Å². The molecular formula is C22H23FN4O3S. The summed E-state index contributed by atoms with van der Waals surface area (Å²) in [7, 11) is -3.92. The largest absolute Gasteiger partial charge is 0.391 e. The van der Waals surface area contributed by atoms with Crippen LogP contribution in [0.5, 0.6) is 0 Å². The summed E-state index contributed by atoms with van der Waals surface area (Å²) < 4.78 is 43.7. The molecule has 4 rings (SSSR count). The fourth-order valence-electron chi connectivity index (χ4n) is 3.82. The Morgan fingerprint density at radius 3 is 2.52 bits per heavy atom. The van der Waals surface area contributed by atoms with Gasteiger partial charge in [-0.05, 0) is 36.6 Å². The van der Waals surface area contributed by atoms with Gasteiger partial charge in [-0.3, -0.25) is 4.98 Å². The predicted molar refractivity (Wildman–Crippen MR) is 116 cm³/mol. The molecule has 1 fully saturated rings. The van der Waals surface area contributed by atoms with Gasteiger partial charge in [0.25, 0.3) is 0 Å². The maximum atomic E-state index is 14.9. The smallest absolute Gasteiger partial charge is 0.241 e. The quantitative estimate of drug-likeness (QED) is 0.559. The lowest BCUT2D eigenvalue weighted by Gasteiger charge is -2.28. The number of nitrogen functional groups attached to an aromatic ring is 1. The molecule has 2 aromatic carbocycles. The fraction of sp³-hybridized carbons (Fsp3) is 0.273. The lowest BCUT2D eigenvalue weighted by Crippen LogP contribution is -2.45. The number of nitrogens with two attached hydrogens (primary N) is 1. The lowest BCUT2D eigenvalue weighted by molar-refractivity contribution is 0.101. The molecule has 7 nitrogen and oxygen atoms in total. The van der Waals surface area contributed by atoms with Crippen LogP contribution < -0.4 is 10.5 Å². The number of rotatable bonds is 5. The van der Waals surface area contributed by atoms with Crippen molar-refractivity contribution in [3.63, 3.8) is 0 Å². The maximum Gasteiger partial charge on any atom is 0.241 e. The molecule has 1 aliphatic carbocycles. The summed E-state index contributed by atoms with van der Waals surface area (Å²) in [5.41, 5.74) is 6.87. The van der Waals surface area contributed by atoms with E-state index in [1.807, 2.05) is 0 Å². The highest BCUT2D eigenvalue weighted by Gasteiger charge is 2.29. The van der Waals surface area contributed by atoms with Crippen LogP contribution in [0.25, 0.3) is 22.4 Å². The van der Waals surface area contributed by atoms with Gasteiger partial charge in [-0.2, -0.15) is 0 Å². The van der Waals surface area contributed by atoms with Crippen molar-refractivity contribution in [2.75, 3.05) is 5.73 Å². The topological polar surface area (TPSA) is 118 Å². The van der Waals surface area contributed by atoms with Crippen LogP contribution in [0.15, 0.2) is 59.8 Å². The number of sulfonamides is 1. The summed E-state index contributed by atoms with van der Waals surface area (Å²) in [6.07, 6.45) is 4.88. The SMILES string of the molecule is Nc1cnc(-c2ccc(-c3ccccc3S(=O)(=O)NC3CCCC[C@@H]3O)cc2F)cn1. The minimum Gasteiger partial charge on any atom is -0.391 e. The van der Waals surface area contributed by atoms with Gasteiger partial charge in [0.2, 0.25) is 10.0 Å². The van der Waals surface area contributed by atoms with Crippen molar-refractivity contribution >= 4 is 15.8 Å². The first-order valence-electron chi connectivity index (χ1n) is 10.0. The molecule has 9 heteroatoms. The number of hydrogen-bond acceptors (Lipinski definition) is 6. The number of hydrogen-bond donors (Lipinski definition) is 3. The zero-order valence-electron chi connectivity index (χ0n) is 16.7. The molecule has 1 aromatic heterocycles. The Kier molecular flexibility index (Phi) is 5.99. The second-order valence-corrected chi connectivity index (χ2v) is 9.28. The molecule has 1 saturated carbocycles. The number of anilines is 1. The van der Waals surface area contributed by atoms with Crippen molar-refractivity contribution in [3.05, 3.63) is 60.7 Å². The molecule has 0 aliphatic heterocycles. The van der Waals surface area contributed by atoms with E-state index in [-0.39, 0.29) is 16.3 Å². The molecular weight excluding hydrogens is 419 g/mol. The third kappa shape index (κ3) is 4.58. The van der Waals surface area contributed by atoms with Crippen LogP contribution in [-0.4, -0.2) is 35.6 Å². The molecule has 162 valence electrons. The van der Waals surface area contributed by atoms with Crippen molar-refractivity contribution in [2.24, 2.45) is 0 Å². The van der Waals surface area contributed by atoms with Gasteiger partial charge in [0, 0.05) is 17.2 Å². The van der Waals surface area contributed by atoms with Gasteiger partial charge in [-0.15, -0.1) is 0 Å². The van der Waals surface area contributed by atoms with Crippen LogP contribution in [0.3, 0.4) is 0 Å². The zero-order chi connectivity index (χ0) is 22.0. The third-order valence-corrected chi connectivity index (χ3v) is 6.99. The Morgan fingerprint density at radius 2 is 1.81 bits per heavy atom. The number of nitrogens with zero attached hydrogens (tertiary/aromatic N) is 2. The second kappa shape index (κ2) is 8.70. The molecule has 0 bridgehead atoms. The van der Waals surface area contributed by atoms with E-state index < -0.39 is 28.0 Å². The van der Waals surface area contributed by atoms with E-state index in [9.17, 15) is 17.9 Å². The van der Waals surface area contributed by atoms with E-state index in [4.69, 9.17) is 5.73 Å². The lowest BCUT2D eigenvalue weighted by atomic mass is 9.93. The monoisotopic (exact) mass is 442 g/mol. The summed E-state index contributed by atoms with van der Waals surface area (Å²) in [4.78, 5) is 8.04. The number of halogens is 1. The van der Waals surface area contributed by atoms with Crippen molar-refractivity contribution in [1.29, 1.82) is 0 Å². The molecule has 3 aromatic rings. The molecule has 1 unspecified atom stereocenters. The van der Waals surface area contributed by atoms with Crippen molar-refractivity contribution < 1.29 is 17.9 Å². The molecule has 0 radical (unpaired) electrons. The Bertz CT molecular complexity index is 1190. The first-order valence-corrected chi connectivity index (χ1v) is 11.5. The molecule has 1 heterocycles. The average molecular weight is 443 g/mol. The Balaban J connectivity index is 1.68. The highest BCUT2D eigenvalue weighted by Crippen LogP contribution is 2.31. The van der Waals surface area contributed by atoms with E-state index in [0.717, 1.165) is 12.8 Å². The van der Waals surface area contributed by atoms with E-state index in [1.54, 1.807) is 24.3 Å². The van der Waals surface area contributed by atoms with Crippen LogP contribution in [0.2, 0.25) is 0 Å². The summed E-state index contributed by atoms with van der Waals surface area (Å²) >= 11 is 0. The Labute approximate surface area is 180 Å². The van der Waals surface area contributed by atoms with Crippen LogP contribution in [0.4, 0.5) is 10.2 Å². The maximum absolute atomic E-state index is 14.9. The normalized spacial score (nSPS) is 19.3. The summed E-state index contributed by atoms with van der Waals surface area (Å²) in [5.74, 6) is -0.324. The van der Waals surface area contributed by atoms with Gasteiger partial charge in [-0.25, -0.2) is 22.5 Å². The van der Waals surface area contributed by atoms with E-state index in [2.05, 4.69) is 14.7 Å². The van der Waals surface area contributed by atoms with Gasteiger partial charge in [-0.1, -0.05) is 37.1 Å². The molecule has 2 atom stereocenters. The minimum atomic E-state index is -3.92. The van der Waals surface area contributed by atoms with Crippen molar-refractivity contribution in [1.82, 2.24) is 14.7 Å². The number of benzene rings is 2. The Hall–Kier alpha value is -2.88. The number of aliphatic hydroxyl groups excluding tert-OH is 1. The summed E-state index contributed by atoms with van der Waals surface area (Å²) in [5, 5.41) is 10.2. The van der Waals surface area contributed by atoms with E-state index >= 15 is 0 Å². The number of nitrogens with one attached hydrogen (secondary N) is 1. The van der Waals surface area contributed by atoms with Crippen LogP contribution in [0, 0.1) is 5.82 Å². The summed E-state index contributed by atoms with van der Waals surface area (Å²) in [6.45, 7) is 0. The van der Waals surface area contributed by atoms with Crippen LogP contribution in [-0.2, 0) is 10.0 Å². The van der Waals surface area contributed by atoms with Gasteiger partial charge in [0.1, 0.15) is 11.6 Å². The van der Waals surface area contributed by atoms with Gasteiger partial charge in [0.15, 0.2) is 0 Å². The molecule has 31 heavy (non-hydrogen) atoms. The highest BCUT2D eigenvalue weighted by molar-refractivity contribution is 7.89. The standard InChI is InChI=1S/C22H23FN4O3S/c23-17-11-14(9-10-16(17)19-12-26-22(24)13-25-19)15-5-1-4-8-21(15)31(29,30)27-18-6-2-3-7-20(18)28/h1,4-5,8-13,18,20,27-28H,2-3,6-7H2,(H2,24,26)/t18?,20-/m0/s1. The van der Waals surface area contributed by atoms with Gasteiger partial charge in [0.05, 0.1) is 29.1 Å². The first kappa shape index (κ1) is 21.4. The van der Waals surface area contributed by atoms with Gasteiger partial charge < -0.3 is 10.8 Å². The van der Waals surface area contributed by atoms with E-state index in [0.29, 0.717) is 29.7 Å². The Morgan fingerprint density at radius 1 is 1.03 bits per heavy atom.